The molecule has 0 heterocycles. The second-order valence-corrected chi connectivity index (χ2v) is 7.54. The van der Waals surface area contributed by atoms with E-state index in [4.69, 9.17) is 14.3 Å². The third kappa shape index (κ3) is 7.86. The third-order valence-corrected chi connectivity index (χ3v) is 5.17. The molecule has 2 rings (SSSR count). The summed E-state index contributed by atoms with van der Waals surface area (Å²) in [6.07, 6.45) is 10.9. The lowest BCUT2D eigenvalue weighted by Crippen LogP contribution is -1.93. The SMILES string of the molecule is Cc1ccccc1CCCCCCCCCc1ccccc1OP(O)O. The summed E-state index contributed by atoms with van der Waals surface area (Å²) < 4.78 is 5.09. The number of para-hydroxylation sites is 1. The highest BCUT2D eigenvalue weighted by Crippen LogP contribution is 2.32. The molecule has 0 aliphatic rings. The summed E-state index contributed by atoms with van der Waals surface area (Å²) in [5.41, 5.74) is 3.95. The zero-order valence-corrected chi connectivity index (χ0v) is 16.6. The van der Waals surface area contributed by atoms with Crippen molar-refractivity contribution >= 4 is 8.60 Å². The van der Waals surface area contributed by atoms with Gasteiger partial charge in [-0.1, -0.05) is 74.6 Å². The molecular weight excluding hydrogens is 343 g/mol. The molecule has 0 saturated carbocycles. The van der Waals surface area contributed by atoms with Crippen LogP contribution < -0.4 is 4.52 Å². The van der Waals surface area contributed by atoms with Crippen LogP contribution in [0.15, 0.2) is 48.5 Å². The molecule has 0 atom stereocenters. The normalized spacial score (nSPS) is 11.1. The molecule has 2 aromatic carbocycles. The Hall–Kier alpha value is -1.41. The van der Waals surface area contributed by atoms with Crippen LogP contribution >= 0.6 is 8.60 Å². The van der Waals surface area contributed by atoms with E-state index in [2.05, 4.69) is 31.2 Å². The van der Waals surface area contributed by atoms with Crippen molar-refractivity contribution in [3.63, 3.8) is 0 Å². The van der Waals surface area contributed by atoms with E-state index in [1.165, 1.54) is 56.1 Å². The van der Waals surface area contributed by atoms with Crippen LogP contribution in [0.5, 0.6) is 5.75 Å². The van der Waals surface area contributed by atoms with Crippen LogP contribution in [0.2, 0.25) is 0 Å². The summed E-state index contributed by atoms with van der Waals surface area (Å²) in [6.45, 7) is 2.20. The van der Waals surface area contributed by atoms with E-state index in [-0.39, 0.29) is 0 Å². The molecule has 0 saturated heterocycles. The molecule has 2 aromatic rings. The minimum Gasteiger partial charge on any atom is -0.427 e. The summed E-state index contributed by atoms with van der Waals surface area (Å²) >= 11 is 0. The molecule has 0 radical (unpaired) electrons. The fraction of sp³-hybridized carbons (Fsp3) is 0.455. The zero-order valence-electron chi connectivity index (χ0n) is 15.7. The Morgan fingerprint density at radius 2 is 1.19 bits per heavy atom. The smallest absolute Gasteiger partial charge is 0.391 e. The molecule has 0 aromatic heterocycles. The van der Waals surface area contributed by atoms with Gasteiger partial charge in [0, 0.05) is 0 Å². The van der Waals surface area contributed by atoms with E-state index in [1.54, 1.807) is 6.07 Å². The first kappa shape index (κ1) is 20.9. The molecule has 2 N–H and O–H groups in total. The van der Waals surface area contributed by atoms with Gasteiger partial charge in [0.05, 0.1) is 0 Å². The highest BCUT2D eigenvalue weighted by atomic mass is 31.2. The highest BCUT2D eigenvalue weighted by molar-refractivity contribution is 7.39. The molecule has 0 fully saturated rings. The predicted octanol–water partition coefficient (Wildman–Crippen LogP) is 6.10. The van der Waals surface area contributed by atoms with E-state index >= 15 is 0 Å². The lowest BCUT2D eigenvalue weighted by Gasteiger charge is -2.10. The minimum absolute atomic E-state index is 0.597. The first-order chi connectivity index (χ1) is 12.7. The van der Waals surface area contributed by atoms with Gasteiger partial charge in [-0.3, -0.25) is 0 Å². The maximum Gasteiger partial charge on any atom is 0.391 e. The van der Waals surface area contributed by atoms with E-state index in [0.717, 1.165) is 18.4 Å². The average Bonchev–Trinajstić information content (AvgIpc) is 2.62. The molecule has 26 heavy (non-hydrogen) atoms. The van der Waals surface area contributed by atoms with Gasteiger partial charge in [0.25, 0.3) is 0 Å². The third-order valence-electron chi connectivity index (χ3n) is 4.81. The summed E-state index contributed by atoms with van der Waals surface area (Å²) in [7, 11) is -2.34. The van der Waals surface area contributed by atoms with Gasteiger partial charge in [-0.2, -0.15) is 0 Å². The number of unbranched alkanes of at least 4 members (excludes halogenated alkanes) is 6. The lowest BCUT2D eigenvalue weighted by atomic mass is 10.0. The van der Waals surface area contributed by atoms with Crippen molar-refractivity contribution in [2.75, 3.05) is 0 Å². The van der Waals surface area contributed by atoms with Gasteiger partial charge in [0.2, 0.25) is 0 Å². The van der Waals surface area contributed by atoms with Crippen LogP contribution in [0.4, 0.5) is 0 Å². The Morgan fingerprint density at radius 1 is 0.692 bits per heavy atom. The maximum absolute atomic E-state index is 9.03. The van der Waals surface area contributed by atoms with Crippen LogP contribution in [0, 0.1) is 6.92 Å². The minimum atomic E-state index is -2.34. The fourth-order valence-electron chi connectivity index (χ4n) is 3.29. The Balaban J connectivity index is 1.53. The number of rotatable bonds is 12. The summed E-state index contributed by atoms with van der Waals surface area (Å²) in [6, 6.07) is 16.3. The molecule has 3 nitrogen and oxygen atoms in total. The zero-order chi connectivity index (χ0) is 18.6. The second-order valence-electron chi connectivity index (χ2n) is 6.85. The van der Waals surface area contributed by atoms with Crippen LogP contribution in [-0.2, 0) is 12.8 Å². The van der Waals surface area contributed by atoms with Crippen molar-refractivity contribution in [3.8, 4) is 5.75 Å². The number of aryl methyl sites for hydroxylation is 3. The van der Waals surface area contributed by atoms with Gasteiger partial charge in [-0.25, -0.2) is 0 Å². The maximum atomic E-state index is 9.03. The molecule has 0 aliphatic heterocycles. The number of benzene rings is 2. The first-order valence-corrected chi connectivity index (χ1v) is 10.8. The Morgan fingerprint density at radius 3 is 1.81 bits per heavy atom. The predicted molar refractivity (Wildman–Crippen MR) is 109 cm³/mol. The summed E-state index contributed by atoms with van der Waals surface area (Å²) in [5, 5.41) is 0. The van der Waals surface area contributed by atoms with Crippen molar-refractivity contribution in [1.29, 1.82) is 0 Å². The van der Waals surface area contributed by atoms with Crippen LogP contribution in [0.25, 0.3) is 0 Å². The van der Waals surface area contributed by atoms with E-state index in [0.29, 0.717) is 5.75 Å². The van der Waals surface area contributed by atoms with Crippen molar-refractivity contribution in [2.45, 2.75) is 64.7 Å². The van der Waals surface area contributed by atoms with Crippen molar-refractivity contribution < 1.29 is 14.3 Å². The molecule has 0 aliphatic carbocycles. The van der Waals surface area contributed by atoms with Gasteiger partial charge in [0.1, 0.15) is 5.75 Å². The number of hydrogen-bond donors (Lipinski definition) is 2. The average molecular weight is 374 g/mol. The quantitative estimate of drug-likeness (QED) is 0.348. The van der Waals surface area contributed by atoms with E-state index < -0.39 is 8.60 Å². The fourth-order valence-corrected chi connectivity index (χ4v) is 3.65. The summed E-state index contributed by atoms with van der Waals surface area (Å²) in [5.74, 6) is 0.597. The highest BCUT2D eigenvalue weighted by Gasteiger charge is 2.07. The molecule has 0 bridgehead atoms. The van der Waals surface area contributed by atoms with E-state index in [1.807, 2.05) is 18.2 Å². The topological polar surface area (TPSA) is 49.7 Å². The molecule has 0 amide bonds. The van der Waals surface area contributed by atoms with Crippen molar-refractivity contribution in [3.05, 3.63) is 65.2 Å². The van der Waals surface area contributed by atoms with Gasteiger partial charge in [-0.05, 0) is 55.4 Å². The van der Waals surface area contributed by atoms with Crippen LogP contribution in [-0.4, -0.2) is 9.79 Å². The Bertz CT molecular complexity index is 643. The van der Waals surface area contributed by atoms with Crippen molar-refractivity contribution in [2.24, 2.45) is 0 Å². The monoisotopic (exact) mass is 374 g/mol. The molecule has 0 spiro atoms. The second kappa shape index (κ2) is 12.1. The van der Waals surface area contributed by atoms with Gasteiger partial charge in [0.15, 0.2) is 0 Å². The lowest BCUT2D eigenvalue weighted by molar-refractivity contribution is 0.373. The van der Waals surface area contributed by atoms with Crippen LogP contribution in [0.1, 0.15) is 61.6 Å². The van der Waals surface area contributed by atoms with Gasteiger partial charge < -0.3 is 14.3 Å². The summed E-state index contributed by atoms with van der Waals surface area (Å²) in [4.78, 5) is 18.1. The Labute approximate surface area is 159 Å². The Kier molecular flexibility index (Phi) is 9.70. The standard InChI is InChI=1S/C22H31O3P/c1-19-13-9-10-15-20(19)14-7-5-3-2-4-6-8-16-21-17-11-12-18-22(21)25-26(23)24/h9-13,15,17-18,23-24H,2-8,14,16H2,1H3. The van der Waals surface area contributed by atoms with Crippen LogP contribution in [0.3, 0.4) is 0 Å². The van der Waals surface area contributed by atoms with E-state index in [9.17, 15) is 0 Å². The molecular formula is C22H31O3P. The molecule has 142 valence electrons. The number of hydrogen-bond acceptors (Lipinski definition) is 3. The van der Waals surface area contributed by atoms with Crippen molar-refractivity contribution in [1.82, 2.24) is 0 Å². The first-order valence-electron chi connectivity index (χ1n) is 9.65. The molecule has 4 heteroatoms. The largest absolute Gasteiger partial charge is 0.427 e. The van der Waals surface area contributed by atoms with Gasteiger partial charge in [-0.15, -0.1) is 0 Å². The van der Waals surface area contributed by atoms with Gasteiger partial charge >= 0.3 is 8.60 Å². The molecule has 0 unspecified atom stereocenters.